The van der Waals surface area contributed by atoms with Gasteiger partial charge in [-0.3, -0.25) is 0 Å². The number of halogens is 1. The maximum absolute atomic E-state index is 6.24. The molecule has 92 valence electrons. The van der Waals surface area contributed by atoms with Crippen LogP contribution >= 0.6 is 11.6 Å². The molecule has 0 aromatic heterocycles. The minimum Gasteiger partial charge on any atom is -0.484 e. The van der Waals surface area contributed by atoms with Crippen LogP contribution in [0.2, 0.25) is 5.02 Å². The molecule has 1 aromatic rings. The van der Waals surface area contributed by atoms with Crippen LogP contribution in [0.4, 0.5) is 0 Å². The van der Waals surface area contributed by atoms with E-state index < -0.39 is 0 Å². The Labute approximate surface area is 106 Å². The number of fused-ring (bicyclic) bond motifs is 1. The number of ether oxygens (including phenoxy) is 2. The predicted molar refractivity (Wildman–Crippen MR) is 66.4 cm³/mol. The van der Waals surface area contributed by atoms with Crippen LogP contribution in [-0.2, 0) is 4.74 Å². The first-order chi connectivity index (χ1) is 8.11. The van der Waals surface area contributed by atoms with Crippen LogP contribution < -0.4 is 10.5 Å². The maximum Gasteiger partial charge on any atom is 0.139 e. The van der Waals surface area contributed by atoms with Crippen molar-refractivity contribution < 1.29 is 9.47 Å². The fraction of sp³-hybridized carbons (Fsp3) is 0.538. The summed E-state index contributed by atoms with van der Waals surface area (Å²) in [4.78, 5) is 0. The third-order valence-electron chi connectivity index (χ3n) is 3.88. The highest BCUT2D eigenvalue weighted by Crippen LogP contribution is 2.45. The Kier molecular flexibility index (Phi) is 2.58. The normalized spacial score (nSPS) is 35.7. The zero-order valence-electron chi connectivity index (χ0n) is 9.78. The Morgan fingerprint density at radius 3 is 3.00 bits per heavy atom. The van der Waals surface area contributed by atoms with Crippen LogP contribution in [0.1, 0.15) is 31.4 Å². The van der Waals surface area contributed by atoms with Crippen LogP contribution in [0.3, 0.4) is 0 Å². The molecule has 4 heteroatoms. The van der Waals surface area contributed by atoms with Gasteiger partial charge >= 0.3 is 0 Å². The van der Waals surface area contributed by atoms with Crippen molar-refractivity contribution in [3.05, 3.63) is 28.8 Å². The highest BCUT2D eigenvalue weighted by Gasteiger charge is 2.48. The summed E-state index contributed by atoms with van der Waals surface area (Å²) in [5.74, 6) is 0.852. The largest absolute Gasteiger partial charge is 0.484 e. The maximum atomic E-state index is 6.24. The number of rotatable bonds is 0. The summed E-state index contributed by atoms with van der Waals surface area (Å²) in [5.41, 5.74) is 6.99. The van der Waals surface area contributed by atoms with E-state index in [4.69, 9.17) is 26.8 Å². The number of hydrogen-bond acceptors (Lipinski definition) is 3. The van der Waals surface area contributed by atoms with Crippen molar-refractivity contribution in [3.63, 3.8) is 0 Å². The lowest BCUT2D eigenvalue weighted by molar-refractivity contribution is -0.0275. The van der Waals surface area contributed by atoms with Crippen molar-refractivity contribution in [2.24, 2.45) is 5.73 Å². The van der Waals surface area contributed by atoms with Gasteiger partial charge in [0.25, 0.3) is 0 Å². The van der Waals surface area contributed by atoms with Crippen LogP contribution in [0, 0.1) is 0 Å². The monoisotopic (exact) mass is 253 g/mol. The molecule has 17 heavy (non-hydrogen) atoms. The van der Waals surface area contributed by atoms with E-state index in [2.05, 4.69) is 6.92 Å². The zero-order valence-corrected chi connectivity index (χ0v) is 10.5. The van der Waals surface area contributed by atoms with Crippen molar-refractivity contribution >= 4 is 11.6 Å². The molecule has 2 aliphatic heterocycles. The molecular formula is C13H16ClNO2. The zero-order chi connectivity index (χ0) is 12.0. The second-order valence-electron chi connectivity index (χ2n) is 4.92. The number of benzene rings is 1. The van der Waals surface area contributed by atoms with Gasteiger partial charge in [-0.25, -0.2) is 0 Å². The molecule has 2 heterocycles. The van der Waals surface area contributed by atoms with Crippen molar-refractivity contribution in [1.82, 2.24) is 0 Å². The molecule has 0 bridgehead atoms. The van der Waals surface area contributed by atoms with Gasteiger partial charge in [0.05, 0.1) is 12.7 Å². The van der Waals surface area contributed by atoms with E-state index in [0.717, 1.165) is 30.8 Å². The lowest BCUT2D eigenvalue weighted by Gasteiger charge is -2.40. The Bertz CT molecular complexity index is 451. The van der Waals surface area contributed by atoms with Crippen LogP contribution in [0.25, 0.3) is 0 Å². The molecule has 1 spiro atoms. The molecule has 0 radical (unpaired) electrons. The fourth-order valence-corrected chi connectivity index (χ4v) is 2.99. The topological polar surface area (TPSA) is 44.5 Å². The summed E-state index contributed by atoms with van der Waals surface area (Å²) < 4.78 is 11.8. The quantitative estimate of drug-likeness (QED) is 0.773. The first kappa shape index (κ1) is 11.3. The lowest BCUT2D eigenvalue weighted by atomic mass is 9.83. The van der Waals surface area contributed by atoms with Gasteiger partial charge in [0, 0.05) is 29.5 Å². The third-order valence-corrected chi connectivity index (χ3v) is 4.12. The van der Waals surface area contributed by atoms with Crippen molar-refractivity contribution in [2.75, 3.05) is 6.61 Å². The number of nitrogens with two attached hydrogens (primary N) is 1. The standard InChI is InChI=1S/C13H16ClNO2/c1-8-13(4-5-16-8)7-11(15)10-6-9(14)2-3-12(10)17-13/h2-3,6,8,11H,4-5,7,15H2,1H3/t8?,11-,13?/m0/s1. The second kappa shape index (κ2) is 3.87. The van der Waals surface area contributed by atoms with Gasteiger partial charge in [-0.1, -0.05) is 11.6 Å². The van der Waals surface area contributed by atoms with E-state index in [1.807, 2.05) is 18.2 Å². The highest BCUT2D eigenvalue weighted by molar-refractivity contribution is 6.30. The molecule has 2 N–H and O–H groups in total. The Morgan fingerprint density at radius 1 is 1.47 bits per heavy atom. The van der Waals surface area contributed by atoms with Gasteiger partial charge in [-0.05, 0) is 25.1 Å². The summed E-state index contributed by atoms with van der Waals surface area (Å²) in [6.45, 7) is 2.80. The summed E-state index contributed by atoms with van der Waals surface area (Å²) in [7, 11) is 0. The van der Waals surface area contributed by atoms with Crippen LogP contribution in [-0.4, -0.2) is 18.3 Å². The number of hydrogen-bond donors (Lipinski definition) is 1. The predicted octanol–water partition coefficient (Wildman–Crippen LogP) is 2.67. The van der Waals surface area contributed by atoms with Crippen LogP contribution in [0.5, 0.6) is 5.75 Å². The fourth-order valence-electron chi connectivity index (χ4n) is 2.81. The van der Waals surface area contributed by atoms with Crippen LogP contribution in [0.15, 0.2) is 18.2 Å². The molecule has 2 unspecified atom stereocenters. The van der Waals surface area contributed by atoms with E-state index in [0.29, 0.717) is 5.02 Å². The van der Waals surface area contributed by atoms with E-state index in [1.165, 1.54) is 0 Å². The van der Waals surface area contributed by atoms with Crippen molar-refractivity contribution in [2.45, 2.75) is 37.5 Å². The summed E-state index contributed by atoms with van der Waals surface area (Å²) in [6.07, 6.45) is 1.79. The molecule has 3 atom stereocenters. The minimum absolute atomic E-state index is 0.0263. The van der Waals surface area contributed by atoms with Gasteiger partial charge in [0.1, 0.15) is 11.4 Å². The van der Waals surface area contributed by atoms with Gasteiger partial charge in [-0.2, -0.15) is 0 Å². The molecule has 2 aliphatic rings. The third kappa shape index (κ3) is 1.73. The summed E-state index contributed by atoms with van der Waals surface area (Å²) in [6, 6.07) is 5.62. The lowest BCUT2D eigenvalue weighted by Crippen LogP contribution is -2.47. The van der Waals surface area contributed by atoms with Gasteiger partial charge < -0.3 is 15.2 Å². The smallest absolute Gasteiger partial charge is 0.139 e. The molecule has 0 aliphatic carbocycles. The Morgan fingerprint density at radius 2 is 2.29 bits per heavy atom. The molecule has 0 amide bonds. The van der Waals surface area contributed by atoms with Gasteiger partial charge in [0.15, 0.2) is 0 Å². The Hall–Kier alpha value is -0.770. The molecular weight excluding hydrogens is 238 g/mol. The van der Waals surface area contributed by atoms with Gasteiger partial charge in [-0.15, -0.1) is 0 Å². The van der Waals surface area contributed by atoms with Gasteiger partial charge in [0.2, 0.25) is 0 Å². The molecule has 1 saturated heterocycles. The SMILES string of the molecule is CC1OCCC12C[C@H](N)c1cc(Cl)ccc1O2. The van der Waals surface area contributed by atoms with E-state index in [9.17, 15) is 0 Å². The minimum atomic E-state index is -0.250. The molecule has 3 nitrogen and oxygen atoms in total. The van der Waals surface area contributed by atoms with Crippen molar-refractivity contribution in [1.29, 1.82) is 0 Å². The van der Waals surface area contributed by atoms with E-state index >= 15 is 0 Å². The molecule has 1 aromatic carbocycles. The second-order valence-corrected chi connectivity index (χ2v) is 5.36. The molecule has 3 rings (SSSR count). The first-order valence-electron chi connectivity index (χ1n) is 5.96. The molecule has 1 fully saturated rings. The Balaban J connectivity index is 2.01. The molecule has 0 saturated carbocycles. The highest BCUT2D eigenvalue weighted by atomic mass is 35.5. The van der Waals surface area contributed by atoms with E-state index in [-0.39, 0.29) is 17.7 Å². The average Bonchev–Trinajstić information content (AvgIpc) is 2.62. The average molecular weight is 254 g/mol. The van der Waals surface area contributed by atoms with Crippen molar-refractivity contribution in [3.8, 4) is 5.75 Å². The summed E-state index contributed by atoms with van der Waals surface area (Å²) >= 11 is 5.99. The van der Waals surface area contributed by atoms with E-state index in [1.54, 1.807) is 0 Å². The summed E-state index contributed by atoms with van der Waals surface area (Å²) in [5, 5.41) is 0.703. The first-order valence-corrected chi connectivity index (χ1v) is 6.34.